The zero-order valence-corrected chi connectivity index (χ0v) is 14.9. The van der Waals surface area contributed by atoms with Crippen molar-refractivity contribution < 1.29 is 13.2 Å². The lowest BCUT2D eigenvalue weighted by molar-refractivity contribution is -0.141. The first-order chi connectivity index (χ1) is 13.5. The zero-order chi connectivity index (χ0) is 19.6. The van der Waals surface area contributed by atoms with Crippen molar-refractivity contribution in [2.45, 2.75) is 16.4 Å². The van der Waals surface area contributed by atoms with Gasteiger partial charge in [0.05, 0.1) is 0 Å². The number of hydrogen-bond donors (Lipinski definition) is 0. The Morgan fingerprint density at radius 1 is 0.821 bits per heavy atom. The van der Waals surface area contributed by atoms with Gasteiger partial charge in [0, 0.05) is 23.6 Å². The Bertz CT molecular complexity index is 1070. The van der Waals surface area contributed by atoms with Gasteiger partial charge in [-0.1, -0.05) is 18.2 Å². The molecule has 6 nitrogen and oxygen atoms in total. The van der Waals surface area contributed by atoms with Gasteiger partial charge in [-0.2, -0.15) is 13.2 Å². The number of alkyl halides is 3. The normalized spacial score (nSPS) is 11.5. The van der Waals surface area contributed by atoms with Crippen molar-refractivity contribution in [2.75, 3.05) is 0 Å². The summed E-state index contributed by atoms with van der Waals surface area (Å²) in [4.78, 5) is 4.10. The number of hydrogen-bond acceptors (Lipinski definition) is 6. The number of nitrogens with zero attached hydrogens (tertiary/aromatic N) is 6. The molecule has 0 aliphatic rings. The molecule has 3 heterocycles. The molecule has 4 rings (SSSR count). The highest BCUT2D eigenvalue weighted by Gasteiger charge is 2.33. The minimum Gasteiger partial charge on any atom is -0.270 e. The number of halogens is 3. The molecule has 28 heavy (non-hydrogen) atoms. The summed E-state index contributed by atoms with van der Waals surface area (Å²) in [6, 6.07) is 15.2. The second kappa shape index (κ2) is 7.39. The number of benzene rings is 1. The van der Waals surface area contributed by atoms with Crippen molar-refractivity contribution in [3.8, 4) is 17.1 Å². The summed E-state index contributed by atoms with van der Waals surface area (Å²) < 4.78 is 39.8. The maximum Gasteiger partial charge on any atom is 0.435 e. The SMILES string of the molecule is FC(F)(F)c1ccc(Sc2nnc(-c3cccnc3)n2-c2ccccc2)nn1. The van der Waals surface area contributed by atoms with E-state index in [0.717, 1.165) is 29.1 Å². The summed E-state index contributed by atoms with van der Waals surface area (Å²) in [5.41, 5.74) is 0.510. The maximum absolute atomic E-state index is 12.7. The Morgan fingerprint density at radius 2 is 1.64 bits per heavy atom. The lowest BCUT2D eigenvalue weighted by Crippen LogP contribution is -2.08. The molecule has 0 N–H and O–H groups in total. The molecule has 0 unspecified atom stereocenters. The van der Waals surface area contributed by atoms with Crippen molar-refractivity contribution in [2.24, 2.45) is 0 Å². The first-order valence-corrected chi connectivity index (χ1v) is 8.84. The standard InChI is InChI=1S/C18H11F3N6S/c19-18(20,21)14-8-9-15(24-23-14)28-17-26-25-16(12-5-4-10-22-11-12)27(17)13-6-2-1-3-7-13/h1-11H. The number of para-hydroxylation sites is 1. The minimum atomic E-state index is -4.53. The first-order valence-electron chi connectivity index (χ1n) is 8.02. The van der Waals surface area contributed by atoms with Gasteiger partial charge in [0.15, 0.2) is 11.5 Å². The fourth-order valence-electron chi connectivity index (χ4n) is 2.45. The van der Waals surface area contributed by atoms with E-state index in [2.05, 4.69) is 25.4 Å². The lowest BCUT2D eigenvalue weighted by atomic mass is 10.2. The van der Waals surface area contributed by atoms with Gasteiger partial charge in [-0.3, -0.25) is 9.55 Å². The molecule has 4 aromatic rings. The van der Waals surface area contributed by atoms with Gasteiger partial charge in [-0.25, -0.2) is 0 Å². The number of rotatable bonds is 4. The van der Waals surface area contributed by atoms with Gasteiger partial charge < -0.3 is 0 Å². The van der Waals surface area contributed by atoms with E-state index >= 15 is 0 Å². The third-order valence-electron chi connectivity index (χ3n) is 3.69. The number of aromatic nitrogens is 6. The molecule has 10 heteroatoms. The van der Waals surface area contributed by atoms with Crippen LogP contribution in [-0.4, -0.2) is 29.9 Å². The highest BCUT2D eigenvalue weighted by atomic mass is 32.2. The average molecular weight is 400 g/mol. The Kier molecular flexibility index (Phi) is 4.78. The van der Waals surface area contributed by atoms with Crippen LogP contribution in [0.25, 0.3) is 17.1 Å². The van der Waals surface area contributed by atoms with Crippen molar-refractivity contribution in [1.29, 1.82) is 0 Å². The van der Waals surface area contributed by atoms with Gasteiger partial charge in [-0.05, 0) is 48.2 Å². The molecule has 140 valence electrons. The zero-order valence-electron chi connectivity index (χ0n) is 14.1. The third kappa shape index (κ3) is 3.72. The largest absolute Gasteiger partial charge is 0.435 e. The fourth-order valence-corrected chi connectivity index (χ4v) is 3.22. The van der Waals surface area contributed by atoms with Crippen molar-refractivity contribution in [3.63, 3.8) is 0 Å². The summed E-state index contributed by atoms with van der Waals surface area (Å²) in [7, 11) is 0. The maximum atomic E-state index is 12.7. The number of pyridine rings is 1. The molecule has 1 aromatic carbocycles. The van der Waals surface area contributed by atoms with Crippen LogP contribution in [-0.2, 0) is 6.18 Å². The molecule has 0 amide bonds. The van der Waals surface area contributed by atoms with E-state index in [1.54, 1.807) is 23.0 Å². The fraction of sp³-hybridized carbons (Fsp3) is 0.0556. The van der Waals surface area contributed by atoms with Crippen LogP contribution in [0.15, 0.2) is 77.2 Å². The monoisotopic (exact) mass is 400 g/mol. The molecular formula is C18H11F3N6S. The second-order valence-electron chi connectivity index (χ2n) is 5.58. The predicted molar refractivity (Wildman–Crippen MR) is 95.7 cm³/mol. The summed E-state index contributed by atoms with van der Waals surface area (Å²) in [5, 5.41) is 16.1. The van der Waals surface area contributed by atoms with Crippen molar-refractivity contribution in [1.82, 2.24) is 29.9 Å². The van der Waals surface area contributed by atoms with Gasteiger partial charge in [0.2, 0.25) is 5.16 Å². The molecule has 0 radical (unpaired) electrons. The van der Waals surface area contributed by atoms with Crippen LogP contribution in [0.2, 0.25) is 0 Å². The smallest absolute Gasteiger partial charge is 0.270 e. The minimum absolute atomic E-state index is 0.273. The van der Waals surface area contributed by atoms with Crippen LogP contribution in [0.3, 0.4) is 0 Å². The summed E-state index contributed by atoms with van der Waals surface area (Å²) in [5.74, 6) is 0.557. The first kappa shape index (κ1) is 18.1. The van der Waals surface area contributed by atoms with E-state index in [-0.39, 0.29) is 5.03 Å². The van der Waals surface area contributed by atoms with Crippen molar-refractivity contribution >= 4 is 11.8 Å². The summed E-state index contributed by atoms with van der Waals surface area (Å²) >= 11 is 1.07. The third-order valence-corrected chi connectivity index (χ3v) is 4.57. The van der Waals surface area contributed by atoms with E-state index < -0.39 is 11.9 Å². The van der Waals surface area contributed by atoms with Crippen LogP contribution in [0.1, 0.15) is 5.69 Å². The lowest BCUT2D eigenvalue weighted by Gasteiger charge is -2.10. The van der Waals surface area contributed by atoms with Crippen molar-refractivity contribution in [3.05, 3.63) is 72.7 Å². The second-order valence-corrected chi connectivity index (χ2v) is 6.56. The Morgan fingerprint density at radius 3 is 2.29 bits per heavy atom. The molecule has 0 fully saturated rings. The quantitative estimate of drug-likeness (QED) is 0.509. The highest BCUT2D eigenvalue weighted by molar-refractivity contribution is 7.99. The average Bonchev–Trinajstić information content (AvgIpc) is 3.12. The summed E-state index contributed by atoms with van der Waals surface area (Å²) in [6.07, 6.45) is -1.22. The van der Waals surface area contributed by atoms with Gasteiger partial charge in [0.1, 0.15) is 5.03 Å². The predicted octanol–water partition coefficient (Wildman–Crippen LogP) is 4.29. The molecular weight excluding hydrogens is 389 g/mol. The van der Waals surface area contributed by atoms with Gasteiger partial charge in [0.25, 0.3) is 0 Å². The molecule has 0 aliphatic heterocycles. The Balaban J connectivity index is 1.74. The van der Waals surface area contributed by atoms with Crippen LogP contribution in [0.5, 0.6) is 0 Å². The van der Waals surface area contributed by atoms with E-state index in [4.69, 9.17) is 0 Å². The molecule has 0 bridgehead atoms. The van der Waals surface area contributed by atoms with Crippen LogP contribution < -0.4 is 0 Å². The van der Waals surface area contributed by atoms with Crippen LogP contribution >= 0.6 is 11.8 Å². The van der Waals surface area contributed by atoms with E-state index in [1.165, 1.54) is 6.07 Å². The van der Waals surface area contributed by atoms with E-state index in [0.29, 0.717) is 11.0 Å². The molecule has 0 aliphatic carbocycles. The molecule has 0 atom stereocenters. The van der Waals surface area contributed by atoms with E-state index in [1.807, 2.05) is 36.4 Å². The molecule has 0 spiro atoms. The topological polar surface area (TPSA) is 69.4 Å². The van der Waals surface area contributed by atoms with Gasteiger partial charge >= 0.3 is 6.18 Å². The Hall–Kier alpha value is -3.27. The molecule has 0 saturated carbocycles. The van der Waals surface area contributed by atoms with E-state index in [9.17, 15) is 13.2 Å². The molecule has 0 saturated heterocycles. The summed E-state index contributed by atoms with van der Waals surface area (Å²) in [6.45, 7) is 0. The van der Waals surface area contributed by atoms with Gasteiger partial charge in [-0.15, -0.1) is 20.4 Å². The highest BCUT2D eigenvalue weighted by Crippen LogP contribution is 2.32. The molecule has 3 aromatic heterocycles. The van der Waals surface area contributed by atoms with Crippen LogP contribution in [0.4, 0.5) is 13.2 Å². The Labute approximate surface area is 161 Å². The van der Waals surface area contributed by atoms with Crippen LogP contribution in [0, 0.1) is 0 Å².